The Morgan fingerprint density at radius 3 is 1.36 bits per heavy atom. The molecule has 0 heterocycles. The number of unbranched alkanes of at least 4 members (excludes halogenated alkanes) is 4. The normalized spacial score (nSPS) is 8.27. The van der Waals surface area contributed by atoms with Crippen LogP contribution in [0.5, 0.6) is 0 Å². The van der Waals surface area contributed by atoms with Crippen LogP contribution in [0.2, 0.25) is 0 Å². The van der Waals surface area contributed by atoms with E-state index in [1.165, 1.54) is 12.8 Å². The molecule has 0 radical (unpaired) electrons. The summed E-state index contributed by atoms with van der Waals surface area (Å²) >= 11 is 0. The van der Waals surface area contributed by atoms with Gasteiger partial charge in [-0.2, -0.15) is 0 Å². The molecule has 0 aliphatic heterocycles. The Labute approximate surface area is 136 Å². The Bertz CT molecular complexity index is 441. The zero-order chi connectivity index (χ0) is 16.1. The fourth-order valence-corrected chi connectivity index (χ4v) is 1.28. The summed E-state index contributed by atoms with van der Waals surface area (Å²) in [5.74, 6) is 23.1. The standard InChI is InChI=1S/C20H26O2/c1-3-5-7-9-13-17-21-19-15-11-12-16-20-22-18-14-10-8-6-4-2/h3-8,17-20H2,1-2H3. The second kappa shape index (κ2) is 19.2. The second-order valence-corrected chi connectivity index (χ2v) is 4.50. The summed E-state index contributed by atoms with van der Waals surface area (Å²) in [6.07, 6.45) is 6.53. The first-order valence-corrected chi connectivity index (χ1v) is 7.94. The SMILES string of the molecule is CCCCC#CCOCC#CC#CCOCC#CCCCC. The Hall–Kier alpha value is -1.84. The van der Waals surface area contributed by atoms with Gasteiger partial charge in [-0.25, -0.2) is 0 Å². The summed E-state index contributed by atoms with van der Waals surface area (Å²) in [6.45, 7) is 5.90. The lowest BCUT2D eigenvalue weighted by Gasteiger charge is -1.89. The van der Waals surface area contributed by atoms with E-state index in [1.54, 1.807) is 0 Å². The molecule has 118 valence electrons. The van der Waals surface area contributed by atoms with Gasteiger partial charge in [0.15, 0.2) is 0 Å². The minimum Gasteiger partial charge on any atom is -0.356 e. The van der Waals surface area contributed by atoms with Gasteiger partial charge in [0.1, 0.15) is 26.4 Å². The molecule has 0 aromatic heterocycles. The van der Waals surface area contributed by atoms with E-state index in [2.05, 4.69) is 61.2 Å². The molecule has 0 aliphatic carbocycles. The first-order valence-electron chi connectivity index (χ1n) is 7.94. The van der Waals surface area contributed by atoms with Crippen molar-refractivity contribution in [1.82, 2.24) is 0 Å². The van der Waals surface area contributed by atoms with Gasteiger partial charge in [0, 0.05) is 12.8 Å². The quantitative estimate of drug-likeness (QED) is 0.505. The highest BCUT2D eigenvalue weighted by atomic mass is 16.5. The minimum absolute atomic E-state index is 0.362. The van der Waals surface area contributed by atoms with E-state index in [0.29, 0.717) is 26.4 Å². The number of hydrogen-bond acceptors (Lipinski definition) is 2. The molecule has 0 atom stereocenters. The topological polar surface area (TPSA) is 18.5 Å². The fourth-order valence-electron chi connectivity index (χ4n) is 1.28. The van der Waals surface area contributed by atoms with Crippen LogP contribution in [-0.4, -0.2) is 26.4 Å². The lowest BCUT2D eigenvalue weighted by Crippen LogP contribution is -1.91. The molecule has 22 heavy (non-hydrogen) atoms. The third kappa shape index (κ3) is 18.2. The highest BCUT2D eigenvalue weighted by Gasteiger charge is 1.79. The Balaban J connectivity index is 3.47. The van der Waals surface area contributed by atoms with Crippen LogP contribution in [0.15, 0.2) is 0 Å². The molecular weight excluding hydrogens is 272 g/mol. The van der Waals surface area contributed by atoms with Crippen LogP contribution in [0.3, 0.4) is 0 Å². The summed E-state index contributed by atoms with van der Waals surface area (Å²) in [4.78, 5) is 0. The summed E-state index contributed by atoms with van der Waals surface area (Å²) < 4.78 is 10.5. The molecule has 0 N–H and O–H groups in total. The van der Waals surface area contributed by atoms with Gasteiger partial charge in [-0.1, -0.05) is 50.4 Å². The van der Waals surface area contributed by atoms with Gasteiger partial charge in [0.05, 0.1) is 0 Å². The van der Waals surface area contributed by atoms with E-state index < -0.39 is 0 Å². The van der Waals surface area contributed by atoms with Crippen molar-refractivity contribution in [2.24, 2.45) is 0 Å². The average Bonchev–Trinajstić information content (AvgIpc) is 2.54. The molecule has 0 rings (SSSR count). The third-order valence-electron chi connectivity index (χ3n) is 2.50. The zero-order valence-electron chi connectivity index (χ0n) is 13.9. The molecule has 0 fully saturated rings. The predicted molar refractivity (Wildman–Crippen MR) is 91.8 cm³/mol. The van der Waals surface area contributed by atoms with Crippen LogP contribution in [0, 0.1) is 47.4 Å². The van der Waals surface area contributed by atoms with Gasteiger partial charge < -0.3 is 9.47 Å². The van der Waals surface area contributed by atoms with Gasteiger partial charge in [-0.3, -0.25) is 0 Å². The molecule has 0 aromatic rings. The number of rotatable bonds is 8. The summed E-state index contributed by atoms with van der Waals surface area (Å²) in [7, 11) is 0. The summed E-state index contributed by atoms with van der Waals surface area (Å²) in [5.41, 5.74) is 0. The van der Waals surface area contributed by atoms with E-state index in [1.807, 2.05) is 0 Å². The Kier molecular flexibility index (Phi) is 17.6. The Morgan fingerprint density at radius 1 is 0.545 bits per heavy atom. The van der Waals surface area contributed by atoms with Gasteiger partial charge in [-0.15, -0.1) is 11.8 Å². The number of hydrogen-bond donors (Lipinski definition) is 0. The summed E-state index contributed by atoms with van der Waals surface area (Å²) in [5, 5.41) is 0. The van der Waals surface area contributed by atoms with E-state index >= 15 is 0 Å². The zero-order valence-corrected chi connectivity index (χ0v) is 13.9. The molecular formula is C20H26O2. The molecule has 0 aromatic carbocycles. The number of ether oxygens (including phenoxy) is 2. The Morgan fingerprint density at radius 2 is 0.955 bits per heavy atom. The molecule has 0 spiro atoms. The van der Waals surface area contributed by atoms with E-state index in [-0.39, 0.29) is 0 Å². The van der Waals surface area contributed by atoms with E-state index in [9.17, 15) is 0 Å². The molecule has 0 unspecified atom stereocenters. The van der Waals surface area contributed by atoms with E-state index in [4.69, 9.17) is 9.47 Å². The molecule has 0 saturated carbocycles. The molecule has 2 nitrogen and oxygen atoms in total. The van der Waals surface area contributed by atoms with Crippen LogP contribution < -0.4 is 0 Å². The maximum atomic E-state index is 5.24. The van der Waals surface area contributed by atoms with E-state index in [0.717, 1.165) is 25.7 Å². The van der Waals surface area contributed by atoms with Gasteiger partial charge in [-0.05, 0) is 24.7 Å². The van der Waals surface area contributed by atoms with Crippen molar-refractivity contribution in [1.29, 1.82) is 0 Å². The highest BCUT2D eigenvalue weighted by molar-refractivity contribution is 5.26. The molecule has 0 bridgehead atoms. The predicted octanol–water partition coefficient (Wildman–Crippen LogP) is 3.41. The van der Waals surface area contributed by atoms with Gasteiger partial charge in [0.25, 0.3) is 0 Å². The monoisotopic (exact) mass is 298 g/mol. The minimum atomic E-state index is 0.362. The van der Waals surface area contributed by atoms with Crippen LogP contribution in [0.25, 0.3) is 0 Å². The largest absolute Gasteiger partial charge is 0.356 e. The van der Waals surface area contributed by atoms with Crippen molar-refractivity contribution < 1.29 is 9.47 Å². The maximum Gasteiger partial charge on any atom is 0.110 e. The average molecular weight is 298 g/mol. The molecule has 0 saturated heterocycles. The summed E-state index contributed by atoms with van der Waals surface area (Å²) in [6, 6.07) is 0. The smallest absolute Gasteiger partial charge is 0.110 e. The lowest BCUT2D eigenvalue weighted by atomic mass is 10.2. The third-order valence-corrected chi connectivity index (χ3v) is 2.50. The van der Waals surface area contributed by atoms with Crippen molar-refractivity contribution in [2.75, 3.05) is 26.4 Å². The van der Waals surface area contributed by atoms with Crippen molar-refractivity contribution in [2.45, 2.75) is 52.4 Å². The van der Waals surface area contributed by atoms with Crippen LogP contribution >= 0.6 is 0 Å². The molecule has 0 aliphatic rings. The first kappa shape index (κ1) is 20.2. The van der Waals surface area contributed by atoms with Crippen LogP contribution in [-0.2, 0) is 9.47 Å². The van der Waals surface area contributed by atoms with Gasteiger partial charge in [0.2, 0.25) is 0 Å². The van der Waals surface area contributed by atoms with Crippen molar-refractivity contribution >= 4 is 0 Å². The first-order chi connectivity index (χ1) is 10.9. The fraction of sp³-hybridized carbons (Fsp3) is 0.600. The maximum absolute atomic E-state index is 5.24. The van der Waals surface area contributed by atoms with Crippen LogP contribution in [0.1, 0.15) is 52.4 Å². The molecule has 0 amide bonds. The van der Waals surface area contributed by atoms with Crippen molar-refractivity contribution in [3.8, 4) is 47.4 Å². The molecule has 2 heteroatoms. The van der Waals surface area contributed by atoms with Crippen LogP contribution in [0.4, 0.5) is 0 Å². The highest BCUT2D eigenvalue weighted by Crippen LogP contribution is 1.90. The van der Waals surface area contributed by atoms with Crippen molar-refractivity contribution in [3.05, 3.63) is 0 Å². The second-order valence-electron chi connectivity index (χ2n) is 4.50. The van der Waals surface area contributed by atoms with Gasteiger partial charge >= 0.3 is 0 Å². The lowest BCUT2D eigenvalue weighted by molar-refractivity contribution is 0.204. The van der Waals surface area contributed by atoms with Crippen molar-refractivity contribution in [3.63, 3.8) is 0 Å².